The van der Waals surface area contributed by atoms with Crippen molar-refractivity contribution in [3.05, 3.63) is 29.8 Å². The highest BCUT2D eigenvalue weighted by Crippen LogP contribution is 2.23. The second kappa shape index (κ2) is 6.87. The molecule has 0 spiro atoms. The van der Waals surface area contributed by atoms with Crippen molar-refractivity contribution in [3.63, 3.8) is 0 Å². The molecule has 21 heavy (non-hydrogen) atoms. The summed E-state index contributed by atoms with van der Waals surface area (Å²) in [6.45, 7) is 7.10. The van der Waals surface area contributed by atoms with Crippen LogP contribution in [0.15, 0.2) is 29.2 Å². The Morgan fingerprint density at radius 1 is 1.19 bits per heavy atom. The molecule has 0 fully saturated rings. The van der Waals surface area contributed by atoms with Gasteiger partial charge in [-0.15, -0.1) is 0 Å². The van der Waals surface area contributed by atoms with E-state index < -0.39 is 22.2 Å². The molecule has 0 bridgehead atoms. The van der Waals surface area contributed by atoms with E-state index in [1.807, 2.05) is 27.7 Å². The summed E-state index contributed by atoms with van der Waals surface area (Å²) < 4.78 is 26.9. The van der Waals surface area contributed by atoms with E-state index in [-0.39, 0.29) is 23.3 Å². The van der Waals surface area contributed by atoms with Gasteiger partial charge in [0.25, 0.3) is 0 Å². The Labute approximate surface area is 127 Å². The Balaban J connectivity index is 2.83. The van der Waals surface area contributed by atoms with Gasteiger partial charge in [0.1, 0.15) is 0 Å². The minimum atomic E-state index is -3.70. The molecule has 0 aliphatic heterocycles. The lowest BCUT2D eigenvalue weighted by Crippen LogP contribution is -2.42. The molecule has 0 radical (unpaired) electrons. The molecular formula is C15H25NO4S. The van der Waals surface area contributed by atoms with E-state index in [0.717, 1.165) is 5.56 Å². The van der Waals surface area contributed by atoms with E-state index in [2.05, 4.69) is 4.72 Å². The van der Waals surface area contributed by atoms with Crippen molar-refractivity contribution >= 4 is 10.0 Å². The first-order valence-electron chi connectivity index (χ1n) is 6.94. The van der Waals surface area contributed by atoms with Crippen LogP contribution in [0.3, 0.4) is 0 Å². The molecule has 0 saturated heterocycles. The highest BCUT2D eigenvalue weighted by atomic mass is 32.2. The van der Waals surface area contributed by atoms with Crippen LogP contribution in [0.2, 0.25) is 0 Å². The second-order valence-corrected chi connectivity index (χ2v) is 8.15. The Morgan fingerprint density at radius 3 is 2.14 bits per heavy atom. The number of hydrogen-bond donors (Lipinski definition) is 3. The summed E-state index contributed by atoms with van der Waals surface area (Å²) in [4.78, 5) is 0.150. The molecule has 0 aromatic heterocycles. The number of sulfonamides is 1. The van der Waals surface area contributed by atoms with Crippen LogP contribution in [-0.2, 0) is 10.0 Å². The largest absolute Gasteiger partial charge is 0.395 e. The van der Waals surface area contributed by atoms with Gasteiger partial charge in [0.05, 0.1) is 17.6 Å². The molecule has 3 N–H and O–H groups in total. The van der Waals surface area contributed by atoms with Crippen LogP contribution >= 0.6 is 0 Å². The molecule has 0 heterocycles. The molecule has 5 nitrogen and oxygen atoms in total. The summed E-state index contributed by atoms with van der Waals surface area (Å²) in [6, 6.07) is 5.75. The first-order valence-corrected chi connectivity index (χ1v) is 8.42. The highest BCUT2D eigenvalue weighted by Gasteiger charge is 2.28. The molecule has 0 aliphatic rings. The van der Waals surface area contributed by atoms with Crippen molar-refractivity contribution < 1.29 is 18.6 Å². The van der Waals surface area contributed by atoms with Gasteiger partial charge in [-0.05, 0) is 30.9 Å². The summed E-state index contributed by atoms with van der Waals surface area (Å²) in [5, 5.41) is 19.4. The number of hydrogen-bond acceptors (Lipinski definition) is 4. The molecule has 1 aromatic carbocycles. The molecule has 0 unspecified atom stereocenters. The van der Waals surface area contributed by atoms with E-state index in [4.69, 9.17) is 0 Å². The van der Waals surface area contributed by atoms with Gasteiger partial charge < -0.3 is 10.2 Å². The van der Waals surface area contributed by atoms with Crippen LogP contribution in [0, 0.1) is 12.3 Å². The Bertz CT molecular complexity index is 546. The fourth-order valence-corrected chi connectivity index (χ4v) is 3.03. The smallest absolute Gasteiger partial charge is 0.240 e. The number of rotatable bonds is 6. The van der Waals surface area contributed by atoms with Crippen LogP contribution in [0.5, 0.6) is 0 Å². The molecule has 1 aromatic rings. The van der Waals surface area contributed by atoms with Gasteiger partial charge in [-0.2, -0.15) is 0 Å². The highest BCUT2D eigenvalue weighted by molar-refractivity contribution is 7.89. The molecule has 1 rings (SSSR count). The normalized spacial score (nSPS) is 15.7. The van der Waals surface area contributed by atoms with Crippen molar-refractivity contribution in [2.45, 2.75) is 51.2 Å². The lowest BCUT2D eigenvalue weighted by Gasteiger charge is -2.29. The molecule has 2 atom stereocenters. The van der Waals surface area contributed by atoms with Gasteiger partial charge in [-0.3, -0.25) is 0 Å². The fourth-order valence-electron chi connectivity index (χ4n) is 1.79. The maximum atomic E-state index is 12.2. The van der Waals surface area contributed by atoms with Gasteiger partial charge in [0.15, 0.2) is 0 Å². The number of benzene rings is 1. The summed E-state index contributed by atoms with van der Waals surface area (Å²) in [5.74, 6) is 0. The van der Waals surface area contributed by atoms with Gasteiger partial charge in [0, 0.05) is 6.04 Å². The van der Waals surface area contributed by atoms with Crippen molar-refractivity contribution in [2.24, 2.45) is 5.41 Å². The zero-order valence-corrected chi connectivity index (χ0v) is 13.8. The van der Waals surface area contributed by atoms with Crippen molar-refractivity contribution in [3.8, 4) is 0 Å². The lowest BCUT2D eigenvalue weighted by atomic mass is 9.86. The topological polar surface area (TPSA) is 86.6 Å². The van der Waals surface area contributed by atoms with E-state index in [0.29, 0.717) is 0 Å². The Hall–Kier alpha value is -0.950. The van der Waals surface area contributed by atoms with Gasteiger partial charge in [-0.25, -0.2) is 13.1 Å². The van der Waals surface area contributed by atoms with Crippen LogP contribution in [0.1, 0.15) is 32.8 Å². The van der Waals surface area contributed by atoms with Crippen molar-refractivity contribution in [1.29, 1.82) is 0 Å². The molecule has 0 amide bonds. The number of aliphatic hydroxyl groups is 2. The number of aryl methyl sites for hydroxylation is 1. The van der Waals surface area contributed by atoms with Crippen LogP contribution < -0.4 is 4.72 Å². The predicted octanol–water partition coefficient (Wildman–Crippen LogP) is 1.43. The van der Waals surface area contributed by atoms with Gasteiger partial charge in [-0.1, -0.05) is 38.5 Å². The van der Waals surface area contributed by atoms with Gasteiger partial charge >= 0.3 is 0 Å². The monoisotopic (exact) mass is 315 g/mol. The third-order valence-electron chi connectivity index (χ3n) is 3.38. The van der Waals surface area contributed by atoms with E-state index in [9.17, 15) is 18.6 Å². The number of aliphatic hydroxyl groups excluding tert-OH is 2. The minimum absolute atomic E-state index is 0.150. The molecule has 120 valence electrons. The number of nitrogens with one attached hydrogen (secondary N) is 1. The van der Waals surface area contributed by atoms with Crippen LogP contribution in [-0.4, -0.2) is 37.4 Å². The third-order valence-corrected chi connectivity index (χ3v) is 4.92. The summed E-state index contributed by atoms with van der Waals surface area (Å²) >= 11 is 0. The zero-order valence-electron chi connectivity index (χ0n) is 13.0. The second-order valence-electron chi connectivity index (χ2n) is 6.43. The maximum absolute atomic E-state index is 12.2. The maximum Gasteiger partial charge on any atom is 0.240 e. The van der Waals surface area contributed by atoms with Crippen molar-refractivity contribution in [1.82, 2.24) is 4.72 Å². The van der Waals surface area contributed by atoms with Gasteiger partial charge in [0.2, 0.25) is 10.0 Å². The zero-order chi connectivity index (χ0) is 16.3. The summed E-state index contributed by atoms with van der Waals surface area (Å²) in [6.07, 6.45) is -0.555. The van der Waals surface area contributed by atoms with E-state index in [1.54, 1.807) is 12.1 Å². The average molecular weight is 315 g/mol. The molecule has 0 aliphatic carbocycles. The Morgan fingerprint density at radius 2 is 1.71 bits per heavy atom. The van der Waals surface area contributed by atoms with E-state index >= 15 is 0 Å². The lowest BCUT2D eigenvalue weighted by molar-refractivity contribution is 0.0420. The third kappa shape index (κ3) is 5.39. The van der Waals surface area contributed by atoms with Crippen LogP contribution in [0.4, 0.5) is 0 Å². The SMILES string of the molecule is Cc1ccc(S(=O)(=O)N[C@H](CO)C[C@H](O)C(C)(C)C)cc1. The molecular weight excluding hydrogens is 290 g/mol. The Kier molecular flexibility index (Phi) is 5.92. The minimum Gasteiger partial charge on any atom is -0.395 e. The standard InChI is InChI=1S/C15H25NO4S/c1-11-5-7-13(8-6-11)21(19,20)16-12(10-17)9-14(18)15(2,3)4/h5-8,12,14,16-18H,9-10H2,1-4H3/t12-,14-/m0/s1. The quantitative estimate of drug-likeness (QED) is 0.741. The summed E-state index contributed by atoms with van der Waals surface area (Å²) in [7, 11) is -3.70. The van der Waals surface area contributed by atoms with E-state index in [1.165, 1.54) is 12.1 Å². The first kappa shape index (κ1) is 18.1. The predicted molar refractivity (Wildman–Crippen MR) is 82.5 cm³/mol. The first-order chi connectivity index (χ1) is 9.56. The average Bonchev–Trinajstić information content (AvgIpc) is 2.36. The molecule has 6 heteroatoms. The summed E-state index contributed by atoms with van der Waals surface area (Å²) in [5.41, 5.74) is 0.596. The van der Waals surface area contributed by atoms with Crippen LogP contribution in [0.25, 0.3) is 0 Å². The van der Waals surface area contributed by atoms with Crippen molar-refractivity contribution in [2.75, 3.05) is 6.61 Å². The molecule has 0 saturated carbocycles. The fraction of sp³-hybridized carbons (Fsp3) is 0.600.